The summed E-state index contributed by atoms with van der Waals surface area (Å²) in [5.41, 5.74) is 0. The number of nitrogens with zero attached hydrogens (tertiary/aromatic N) is 1. The van der Waals surface area contributed by atoms with Crippen molar-refractivity contribution < 1.29 is 23.6 Å². The maximum Gasteiger partial charge on any atom is 0.328 e. The van der Waals surface area contributed by atoms with E-state index in [1.54, 1.807) is 6.92 Å². The summed E-state index contributed by atoms with van der Waals surface area (Å²) in [5.74, 6) is -0.318. The Morgan fingerprint density at radius 1 is 0.610 bits per heavy atom. The fourth-order valence-corrected chi connectivity index (χ4v) is 5.08. The predicted octanol–water partition coefficient (Wildman–Crippen LogP) is 7.46. The normalized spacial score (nSPS) is 12.2. The molecule has 0 aromatic heterocycles. The number of ether oxygens (including phenoxy) is 1. The first-order valence-corrected chi connectivity index (χ1v) is 17.2. The fraction of sp³-hybridized carbons (Fsp3) is 0.912. The first kappa shape index (κ1) is 39.4. The van der Waals surface area contributed by atoms with E-state index < -0.39 is 6.04 Å². The van der Waals surface area contributed by atoms with Crippen LogP contribution >= 0.6 is 0 Å². The molecular formula is C34H68N3O4+. The summed E-state index contributed by atoms with van der Waals surface area (Å²) in [7, 11) is 6.73. The summed E-state index contributed by atoms with van der Waals surface area (Å²) in [6.45, 7) is 6.17. The van der Waals surface area contributed by atoms with Crippen LogP contribution in [0.2, 0.25) is 0 Å². The highest BCUT2D eigenvalue weighted by Gasteiger charge is 2.21. The molecule has 0 fully saturated rings. The molecule has 0 aromatic carbocycles. The number of unbranched alkanes of at least 4 members (excludes halogenated alkanes) is 16. The molecule has 0 aromatic rings. The molecular weight excluding hydrogens is 514 g/mol. The van der Waals surface area contributed by atoms with Gasteiger partial charge in [-0.3, -0.25) is 9.59 Å². The number of rotatable bonds is 29. The minimum absolute atomic E-state index is 0.0716. The zero-order chi connectivity index (χ0) is 30.6. The van der Waals surface area contributed by atoms with Crippen molar-refractivity contribution in [2.75, 3.05) is 40.8 Å². The maximum absolute atomic E-state index is 12.5. The lowest BCUT2D eigenvalue weighted by Gasteiger charge is -2.23. The van der Waals surface area contributed by atoms with E-state index in [0.717, 1.165) is 49.4 Å². The van der Waals surface area contributed by atoms with Crippen molar-refractivity contribution in [1.29, 1.82) is 0 Å². The number of amides is 2. The number of carbonyl (C=O) groups excluding carboxylic acids is 3. The lowest BCUT2D eigenvalue weighted by atomic mass is 10.1. The van der Waals surface area contributed by atoms with E-state index in [1.165, 1.54) is 83.6 Å². The predicted molar refractivity (Wildman–Crippen MR) is 172 cm³/mol. The first-order chi connectivity index (χ1) is 19.7. The second-order valence-electron chi connectivity index (χ2n) is 12.9. The number of esters is 1. The van der Waals surface area contributed by atoms with Gasteiger partial charge in [0.1, 0.15) is 6.04 Å². The summed E-state index contributed by atoms with van der Waals surface area (Å²) in [5, 5.41) is 5.89. The van der Waals surface area contributed by atoms with Crippen LogP contribution in [0.4, 0.5) is 0 Å². The molecule has 0 saturated heterocycles. The van der Waals surface area contributed by atoms with Gasteiger partial charge in [-0.05, 0) is 51.9 Å². The zero-order valence-electron chi connectivity index (χ0n) is 27.8. The molecule has 2 amide bonds. The van der Waals surface area contributed by atoms with Crippen molar-refractivity contribution in [2.45, 2.75) is 161 Å². The fourth-order valence-electron chi connectivity index (χ4n) is 5.08. The zero-order valence-corrected chi connectivity index (χ0v) is 27.8. The van der Waals surface area contributed by atoms with E-state index in [2.05, 4.69) is 38.7 Å². The third kappa shape index (κ3) is 28.3. The Labute approximate surface area is 253 Å². The van der Waals surface area contributed by atoms with Crippen molar-refractivity contribution >= 4 is 17.8 Å². The molecule has 7 heteroatoms. The van der Waals surface area contributed by atoms with Gasteiger partial charge in [0.25, 0.3) is 0 Å². The number of nitrogens with one attached hydrogen (secondary N) is 2. The molecule has 7 nitrogen and oxygen atoms in total. The monoisotopic (exact) mass is 583 g/mol. The van der Waals surface area contributed by atoms with Gasteiger partial charge in [-0.25, -0.2) is 4.79 Å². The summed E-state index contributed by atoms with van der Waals surface area (Å²) in [6.07, 6.45) is 23.8. The molecule has 1 atom stereocenters. The van der Waals surface area contributed by atoms with E-state index in [1.807, 2.05) is 0 Å². The molecule has 0 radical (unpaired) electrons. The minimum Gasteiger partial charge on any atom is -0.464 e. The third-order valence-corrected chi connectivity index (χ3v) is 7.64. The molecule has 242 valence electrons. The average molecular weight is 583 g/mol. The van der Waals surface area contributed by atoms with Gasteiger partial charge < -0.3 is 19.9 Å². The van der Waals surface area contributed by atoms with Crippen LogP contribution in [0.15, 0.2) is 0 Å². The van der Waals surface area contributed by atoms with E-state index >= 15 is 0 Å². The second kappa shape index (κ2) is 27.2. The van der Waals surface area contributed by atoms with Gasteiger partial charge in [-0.2, -0.15) is 0 Å². The number of quaternary nitrogens is 1. The Morgan fingerprint density at radius 3 is 1.61 bits per heavy atom. The van der Waals surface area contributed by atoms with Crippen molar-refractivity contribution in [2.24, 2.45) is 0 Å². The van der Waals surface area contributed by atoms with E-state index in [4.69, 9.17) is 4.74 Å². The van der Waals surface area contributed by atoms with Crippen LogP contribution in [-0.2, 0) is 19.1 Å². The van der Waals surface area contributed by atoms with E-state index in [0.29, 0.717) is 32.4 Å². The van der Waals surface area contributed by atoms with Gasteiger partial charge in [0.15, 0.2) is 0 Å². The summed E-state index contributed by atoms with van der Waals surface area (Å²) >= 11 is 0. The highest BCUT2D eigenvalue weighted by molar-refractivity contribution is 5.84. The van der Waals surface area contributed by atoms with Crippen molar-refractivity contribution in [3.05, 3.63) is 0 Å². The molecule has 0 bridgehead atoms. The summed E-state index contributed by atoms with van der Waals surface area (Å²) in [4.78, 5) is 37.0. The Hall–Kier alpha value is -1.63. The quantitative estimate of drug-likeness (QED) is 0.0545. The van der Waals surface area contributed by atoms with Crippen molar-refractivity contribution in [1.82, 2.24) is 10.6 Å². The van der Waals surface area contributed by atoms with E-state index in [-0.39, 0.29) is 17.8 Å². The molecule has 0 aliphatic rings. The van der Waals surface area contributed by atoms with Crippen LogP contribution in [0.5, 0.6) is 0 Å². The van der Waals surface area contributed by atoms with Crippen LogP contribution in [0.25, 0.3) is 0 Å². The number of hydrogen-bond acceptors (Lipinski definition) is 4. The molecule has 0 spiro atoms. The second-order valence-corrected chi connectivity index (χ2v) is 12.9. The minimum atomic E-state index is -0.605. The number of carbonyl (C=O) groups is 3. The highest BCUT2D eigenvalue weighted by Crippen LogP contribution is 2.12. The van der Waals surface area contributed by atoms with Gasteiger partial charge in [0.05, 0.1) is 34.3 Å². The Morgan fingerprint density at radius 2 is 1.10 bits per heavy atom. The average Bonchev–Trinajstić information content (AvgIpc) is 2.91. The standard InChI is InChI=1S/C34H67N3O4/c1-6-8-9-10-11-12-15-18-21-27-32(38)35-29-24-23-26-31(34(40)41-7-2)36-33(39)28-22-19-16-13-14-17-20-25-30-37(3,4)5/h31H,6-30H2,1-5H3,(H-,35,36,38,39)/p+1/t31-/m0/s1. The lowest BCUT2D eigenvalue weighted by molar-refractivity contribution is -0.870. The Bertz CT molecular complexity index is 648. The largest absolute Gasteiger partial charge is 0.464 e. The van der Waals surface area contributed by atoms with Gasteiger partial charge in [0, 0.05) is 19.4 Å². The molecule has 0 aliphatic heterocycles. The SMILES string of the molecule is CCCCCCCCCCCC(=O)NCCCC[C@H](NC(=O)CCCCCCCCCC[N+](C)(C)C)C(=O)OCC. The van der Waals surface area contributed by atoms with Gasteiger partial charge >= 0.3 is 5.97 Å². The number of hydrogen-bond donors (Lipinski definition) is 2. The molecule has 2 N–H and O–H groups in total. The topological polar surface area (TPSA) is 84.5 Å². The van der Waals surface area contributed by atoms with Crippen molar-refractivity contribution in [3.8, 4) is 0 Å². The van der Waals surface area contributed by atoms with Crippen LogP contribution in [-0.4, -0.2) is 69.1 Å². The molecule has 0 unspecified atom stereocenters. The van der Waals surface area contributed by atoms with Crippen LogP contribution in [0.3, 0.4) is 0 Å². The van der Waals surface area contributed by atoms with E-state index in [9.17, 15) is 14.4 Å². The molecule has 0 rings (SSSR count). The van der Waals surface area contributed by atoms with Crippen LogP contribution in [0, 0.1) is 0 Å². The smallest absolute Gasteiger partial charge is 0.328 e. The Kier molecular flexibility index (Phi) is 26.1. The molecule has 0 heterocycles. The molecule has 0 aliphatic carbocycles. The van der Waals surface area contributed by atoms with Gasteiger partial charge in [-0.15, -0.1) is 0 Å². The third-order valence-electron chi connectivity index (χ3n) is 7.64. The maximum atomic E-state index is 12.5. The van der Waals surface area contributed by atoms with Crippen molar-refractivity contribution in [3.63, 3.8) is 0 Å². The highest BCUT2D eigenvalue weighted by atomic mass is 16.5. The van der Waals surface area contributed by atoms with Gasteiger partial charge in [0.2, 0.25) is 11.8 Å². The van der Waals surface area contributed by atoms with Gasteiger partial charge in [-0.1, -0.05) is 90.4 Å². The van der Waals surface area contributed by atoms with Crippen LogP contribution in [0.1, 0.15) is 155 Å². The van der Waals surface area contributed by atoms with Crippen LogP contribution < -0.4 is 10.6 Å². The summed E-state index contributed by atoms with van der Waals surface area (Å²) in [6, 6.07) is -0.605. The molecule has 0 saturated carbocycles. The molecule has 41 heavy (non-hydrogen) atoms. The first-order valence-electron chi connectivity index (χ1n) is 17.2. The Balaban J connectivity index is 3.91. The lowest BCUT2D eigenvalue weighted by Crippen LogP contribution is -2.41. The summed E-state index contributed by atoms with van der Waals surface area (Å²) < 4.78 is 6.23.